The van der Waals surface area contributed by atoms with Crippen molar-refractivity contribution >= 4 is 0 Å². The van der Waals surface area contributed by atoms with Crippen LogP contribution in [0.25, 0.3) is 0 Å². The van der Waals surface area contributed by atoms with E-state index in [1.807, 2.05) is 20.9 Å². The number of hydrogen-bond donors (Lipinski definition) is 1. The van der Waals surface area contributed by atoms with Gasteiger partial charge in [0.1, 0.15) is 5.76 Å². The molecule has 2 aromatic heterocycles. The molecular weight excluding hydrogens is 202 g/mol. The van der Waals surface area contributed by atoms with E-state index in [-0.39, 0.29) is 0 Å². The predicted molar refractivity (Wildman–Crippen MR) is 62.3 cm³/mol. The minimum Gasteiger partial charge on any atom is -0.361 e. The molecule has 86 valence electrons. The molecular formula is C12H17N3O. The lowest BCUT2D eigenvalue weighted by atomic mass is 10.2. The quantitative estimate of drug-likeness (QED) is 0.853. The summed E-state index contributed by atoms with van der Waals surface area (Å²) in [5, 5.41) is 7.13. The normalized spacial score (nSPS) is 10.9. The van der Waals surface area contributed by atoms with E-state index in [0.29, 0.717) is 0 Å². The van der Waals surface area contributed by atoms with Crippen LogP contribution in [0.5, 0.6) is 0 Å². The Morgan fingerprint density at radius 1 is 1.44 bits per heavy atom. The smallest absolute Gasteiger partial charge is 0.138 e. The van der Waals surface area contributed by atoms with Crippen LogP contribution in [0.1, 0.15) is 22.7 Å². The summed E-state index contributed by atoms with van der Waals surface area (Å²) in [5.41, 5.74) is 3.41. The second-order valence-electron chi connectivity index (χ2n) is 3.96. The number of nitrogens with zero attached hydrogens (tertiary/aromatic N) is 2. The van der Waals surface area contributed by atoms with Crippen molar-refractivity contribution in [1.29, 1.82) is 0 Å². The molecule has 2 heterocycles. The molecule has 16 heavy (non-hydrogen) atoms. The molecule has 0 aromatic carbocycles. The second-order valence-corrected chi connectivity index (χ2v) is 3.96. The van der Waals surface area contributed by atoms with Crippen LogP contribution in [0.3, 0.4) is 0 Å². The molecule has 0 radical (unpaired) electrons. The molecule has 1 N–H and O–H groups in total. The van der Waals surface area contributed by atoms with Gasteiger partial charge < -0.3 is 14.4 Å². The van der Waals surface area contributed by atoms with Crippen LogP contribution in [0.15, 0.2) is 22.9 Å². The van der Waals surface area contributed by atoms with E-state index >= 15 is 0 Å². The summed E-state index contributed by atoms with van der Waals surface area (Å²) >= 11 is 0. The minimum absolute atomic E-state index is 0.825. The lowest BCUT2D eigenvalue weighted by molar-refractivity contribution is 0.392. The van der Waals surface area contributed by atoms with Crippen molar-refractivity contribution in [2.45, 2.75) is 26.9 Å². The molecule has 4 nitrogen and oxygen atoms in total. The van der Waals surface area contributed by atoms with Gasteiger partial charge in [-0.2, -0.15) is 0 Å². The highest BCUT2D eigenvalue weighted by molar-refractivity contribution is 5.22. The van der Waals surface area contributed by atoms with Gasteiger partial charge in [-0.3, -0.25) is 0 Å². The van der Waals surface area contributed by atoms with Crippen molar-refractivity contribution in [2.75, 3.05) is 7.05 Å². The molecule has 0 aliphatic heterocycles. The van der Waals surface area contributed by atoms with Gasteiger partial charge >= 0.3 is 0 Å². The third-order valence-corrected chi connectivity index (χ3v) is 2.79. The summed E-state index contributed by atoms with van der Waals surface area (Å²) in [4.78, 5) is 0. The molecule has 0 bridgehead atoms. The average Bonchev–Trinajstić information content (AvgIpc) is 2.81. The summed E-state index contributed by atoms with van der Waals surface area (Å²) in [6.45, 7) is 5.63. The Bertz CT molecular complexity index is 451. The van der Waals surface area contributed by atoms with Gasteiger partial charge in [0, 0.05) is 24.0 Å². The Kier molecular flexibility index (Phi) is 3.10. The first-order chi connectivity index (χ1) is 7.72. The lowest BCUT2D eigenvalue weighted by Crippen LogP contribution is -2.11. The molecule has 0 spiro atoms. The van der Waals surface area contributed by atoms with Gasteiger partial charge in [-0.25, -0.2) is 0 Å². The zero-order valence-corrected chi connectivity index (χ0v) is 9.95. The Morgan fingerprint density at radius 2 is 2.25 bits per heavy atom. The van der Waals surface area contributed by atoms with Crippen LogP contribution >= 0.6 is 0 Å². The van der Waals surface area contributed by atoms with E-state index in [1.165, 1.54) is 11.3 Å². The zero-order valence-electron chi connectivity index (χ0n) is 9.95. The maximum absolute atomic E-state index is 5.16. The molecule has 2 aromatic rings. The fourth-order valence-electron chi connectivity index (χ4n) is 1.84. The van der Waals surface area contributed by atoms with E-state index in [2.05, 4.69) is 33.4 Å². The van der Waals surface area contributed by atoms with E-state index in [0.717, 1.165) is 24.5 Å². The highest BCUT2D eigenvalue weighted by Crippen LogP contribution is 2.15. The molecule has 0 fully saturated rings. The maximum atomic E-state index is 5.16. The van der Waals surface area contributed by atoms with E-state index in [9.17, 15) is 0 Å². The van der Waals surface area contributed by atoms with Crippen molar-refractivity contribution in [3.8, 4) is 0 Å². The average molecular weight is 219 g/mol. The summed E-state index contributed by atoms with van der Waals surface area (Å²) < 4.78 is 7.38. The Labute approximate surface area is 95.2 Å². The largest absolute Gasteiger partial charge is 0.361 e. The standard InChI is InChI=1S/C12H17N3O/c1-9-12(10(2)16-14-9)8-15-6-4-5-11(15)7-13-3/h4-6,13H,7-8H2,1-3H3. The lowest BCUT2D eigenvalue weighted by Gasteiger charge is -2.08. The van der Waals surface area contributed by atoms with Crippen LogP contribution in [0.4, 0.5) is 0 Å². The fraction of sp³-hybridized carbons (Fsp3) is 0.417. The van der Waals surface area contributed by atoms with E-state index in [1.54, 1.807) is 0 Å². The van der Waals surface area contributed by atoms with Gasteiger partial charge in [-0.05, 0) is 33.0 Å². The number of hydrogen-bond acceptors (Lipinski definition) is 3. The van der Waals surface area contributed by atoms with Crippen molar-refractivity contribution in [3.63, 3.8) is 0 Å². The third kappa shape index (κ3) is 2.02. The maximum Gasteiger partial charge on any atom is 0.138 e. The van der Waals surface area contributed by atoms with Crippen LogP contribution in [0.2, 0.25) is 0 Å². The van der Waals surface area contributed by atoms with Crippen molar-refractivity contribution < 1.29 is 4.52 Å². The SMILES string of the molecule is CNCc1cccn1Cc1c(C)noc1C. The van der Waals surface area contributed by atoms with E-state index < -0.39 is 0 Å². The van der Waals surface area contributed by atoms with Crippen LogP contribution in [-0.2, 0) is 13.1 Å². The molecule has 0 saturated carbocycles. The van der Waals surface area contributed by atoms with Gasteiger partial charge in [-0.1, -0.05) is 5.16 Å². The molecule has 0 aliphatic rings. The van der Waals surface area contributed by atoms with Crippen LogP contribution in [0, 0.1) is 13.8 Å². The van der Waals surface area contributed by atoms with Gasteiger partial charge in [0.15, 0.2) is 0 Å². The Balaban J connectivity index is 2.23. The first kappa shape index (κ1) is 11.0. The minimum atomic E-state index is 0.825. The topological polar surface area (TPSA) is 43.0 Å². The molecule has 0 saturated heterocycles. The number of nitrogens with one attached hydrogen (secondary N) is 1. The van der Waals surface area contributed by atoms with Gasteiger partial charge in [0.25, 0.3) is 0 Å². The number of rotatable bonds is 4. The zero-order chi connectivity index (χ0) is 11.5. The third-order valence-electron chi connectivity index (χ3n) is 2.79. The molecule has 4 heteroatoms. The summed E-state index contributed by atoms with van der Waals surface area (Å²) in [5.74, 6) is 0.904. The Hall–Kier alpha value is -1.55. The van der Waals surface area contributed by atoms with Crippen LogP contribution in [-0.4, -0.2) is 16.8 Å². The fourth-order valence-corrected chi connectivity index (χ4v) is 1.84. The second kappa shape index (κ2) is 4.53. The molecule has 0 atom stereocenters. The summed E-state index contributed by atoms with van der Waals surface area (Å²) in [6, 6.07) is 4.18. The first-order valence-electron chi connectivity index (χ1n) is 5.42. The van der Waals surface area contributed by atoms with Crippen molar-refractivity contribution in [2.24, 2.45) is 0 Å². The van der Waals surface area contributed by atoms with Crippen molar-refractivity contribution in [1.82, 2.24) is 15.0 Å². The molecule has 0 unspecified atom stereocenters. The monoisotopic (exact) mass is 219 g/mol. The number of aromatic nitrogens is 2. The summed E-state index contributed by atoms with van der Waals surface area (Å²) in [7, 11) is 1.95. The summed E-state index contributed by atoms with van der Waals surface area (Å²) in [6.07, 6.45) is 2.08. The van der Waals surface area contributed by atoms with Crippen molar-refractivity contribution in [3.05, 3.63) is 41.0 Å². The molecule has 2 rings (SSSR count). The number of aryl methyl sites for hydroxylation is 2. The highest BCUT2D eigenvalue weighted by atomic mass is 16.5. The highest BCUT2D eigenvalue weighted by Gasteiger charge is 2.10. The van der Waals surface area contributed by atoms with Crippen LogP contribution < -0.4 is 5.32 Å². The molecule has 0 aliphatic carbocycles. The van der Waals surface area contributed by atoms with Gasteiger partial charge in [0.2, 0.25) is 0 Å². The predicted octanol–water partition coefficient (Wildman–Crippen LogP) is 1.86. The van der Waals surface area contributed by atoms with Gasteiger partial charge in [0.05, 0.1) is 12.2 Å². The molecule has 0 amide bonds. The van der Waals surface area contributed by atoms with E-state index in [4.69, 9.17) is 4.52 Å². The first-order valence-corrected chi connectivity index (χ1v) is 5.42. The Morgan fingerprint density at radius 3 is 2.88 bits per heavy atom. The van der Waals surface area contributed by atoms with Gasteiger partial charge in [-0.15, -0.1) is 0 Å².